The predicted octanol–water partition coefficient (Wildman–Crippen LogP) is 4.93. The summed E-state index contributed by atoms with van der Waals surface area (Å²) in [5.74, 6) is -0.0609. The molecule has 3 aromatic carbocycles. The third-order valence-corrected chi connectivity index (χ3v) is 4.99. The second-order valence-corrected chi connectivity index (χ2v) is 6.85. The van der Waals surface area contributed by atoms with E-state index in [2.05, 4.69) is 4.98 Å². The van der Waals surface area contributed by atoms with Crippen LogP contribution in [0.4, 0.5) is 4.39 Å². The monoisotopic (exact) mass is 388 g/mol. The first-order valence-corrected chi connectivity index (χ1v) is 9.38. The fourth-order valence-corrected chi connectivity index (χ4v) is 3.49. The van der Waals surface area contributed by atoms with Crippen LogP contribution in [0.2, 0.25) is 0 Å². The zero-order valence-electron chi connectivity index (χ0n) is 16.0. The van der Waals surface area contributed by atoms with Gasteiger partial charge in [0.15, 0.2) is 6.61 Å². The van der Waals surface area contributed by atoms with Crippen molar-refractivity contribution in [3.8, 4) is 5.75 Å². The Balaban J connectivity index is 1.62. The second kappa shape index (κ2) is 8.19. The molecule has 1 heterocycles. The molecule has 4 aromatic rings. The van der Waals surface area contributed by atoms with Crippen molar-refractivity contribution in [1.82, 2.24) is 9.88 Å². The van der Waals surface area contributed by atoms with Gasteiger partial charge in [0.2, 0.25) is 0 Å². The molecule has 0 fully saturated rings. The maximum absolute atomic E-state index is 13.1. The van der Waals surface area contributed by atoms with E-state index >= 15 is 0 Å². The lowest BCUT2D eigenvalue weighted by molar-refractivity contribution is -0.133. The molecule has 1 unspecified atom stereocenters. The number of rotatable bonds is 6. The number of nitrogens with zero attached hydrogens (tertiary/aromatic N) is 1. The summed E-state index contributed by atoms with van der Waals surface area (Å²) in [7, 11) is 1.77. The molecule has 0 aliphatic rings. The Morgan fingerprint density at radius 1 is 1.00 bits per heavy atom. The maximum Gasteiger partial charge on any atom is 0.261 e. The number of ether oxygens (including phenoxy) is 1. The van der Waals surface area contributed by atoms with Gasteiger partial charge in [0.1, 0.15) is 11.6 Å². The van der Waals surface area contributed by atoms with Crippen LogP contribution in [0.1, 0.15) is 17.2 Å². The summed E-state index contributed by atoms with van der Waals surface area (Å²) < 4.78 is 18.6. The van der Waals surface area contributed by atoms with E-state index in [-0.39, 0.29) is 24.4 Å². The molecule has 1 amide bonds. The minimum Gasteiger partial charge on any atom is -0.484 e. The normalized spacial score (nSPS) is 11.9. The summed E-state index contributed by atoms with van der Waals surface area (Å²) in [5, 5.41) is 1.07. The van der Waals surface area contributed by atoms with Gasteiger partial charge in [0.25, 0.3) is 5.91 Å². The molecule has 146 valence electrons. The zero-order chi connectivity index (χ0) is 20.2. The number of carbonyl (C=O) groups excluding carboxylic acids is 1. The first-order chi connectivity index (χ1) is 14.1. The van der Waals surface area contributed by atoms with Gasteiger partial charge < -0.3 is 14.6 Å². The van der Waals surface area contributed by atoms with Crippen LogP contribution >= 0.6 is 0 Å². The minimum absolute atomic E-state index is 0.131. The highest BCUT2D eigenvalue weighted by atomic mass is 19.1. The Labute approximate surface area is 168 Å². The number of H-pyrrole nitrogens is 1. The lowest BCUT2D eigenvalue weighted by Crippen LogP contribution is -2.35. The lowest BCUT2D eigenvalue weighted by atomic mass is 9.97. The number of hydrogen-bond donors (Lipinski definition) is 1. The van der Waals surface area contributed by atoms with Crippen molar-refractivity contribution in [2.24, 2.45) is 0 Å². The van der Waals surface area contributed by atoms with E-state index in [0.717, 1.165) is 22.0 Å². The van der Waals surface area contributed by atoms with Gasteiger partial charge in [-0.1, -0.05) is 48.5 Å². The molecule has 5 heteroatoms. The first-order valence-electron chi connectivity index (χ1n) is 9.38. The Hall–Kier alpha value is -3.60. The number of benzene rings is 3. The quantitative estimate of drug-likeness (QED) is 0.509. The van der Waals surface area contributed by atoms with E-state index in [1.165, 1.54) is 24.3 Å². The van der Waals surface area contributed by atoms with Crippen molar-refractivity contribution < 1.29 is 13.9 Å². The fraction of sp³-hybridized carbons (Fsp3) is 0.125. The van der Waals surface area contributed by atoms with Crippen LogP contribution in [0, 0.1) is 5.82 Å². The van der Waals surface area contributed by atoms with E-state index in [4.69, 9.17) is 4.74 Å². The number of hydrogen-bond acceptors (Lipinski definition) is 2. The number of aromatic nitrogens is 1. The summed E-state index contributed by atoms with van der Waals surface area (Å²) in [6.07, 6.45) is 1.95. The average molecular weight is 388 g/mol. The molecule has 1 aromatic heterocycles. The third-order valence-electron chi connectivity index (χ3n) is 4.99. The molecule has 1 N–H and O–H groups in total. The van der Waals surface area contributed by atoms with Crippen molar-refractivity contribution in [2.75, 3.05) is 13.7 Å². The van der Waals surface area contributed by atoms with Crippen molar-refractivity contribution in [3.63, 3.8) is 0 Å². The molecule has 0 aliphatic carbocycles. The Bertz CT molecular complexity index is 1110. The van der Waals surface area contributed by atoms with Crippen molar-refractivity contribution in [2.45, 2.75) is 6.04 Å². The molecule has 4 rings (SSSR count). The first kappa shape index (κ1) is 18.7. The van der Waals surface area contributed by atoms with Crippen molar-refractivity contribution in [1.29, 1.82) is 0 Å². The molecule has 0 aliphatic heterocycles. The SMILES string of the molecule is CN(C(=O)COc1ccc(F)cc1)C(c1ccccc1)c1c[nH]c2ccccc12. The lowest BCUT2D eigenvalue weighted by Gasteiger charge is -2.29. The summed E-state index contributed by atoms with van der Waals surface area (Å²) in [4.78, 5) is 17.9. The minimum atomic E-state index is -0.343. The van der Waals surface area contributed by atoms with Crippen LogP contribution in [0.5, 0.6) is 5.75 Å². The molecule has 0 saturated carbocycles. The van der Waals surface area contributed by atoms with Crippen molar-refractivity contribution >= 4 is 16.8 Å². The average Bonchev–Trinajstić information content (AvgIpc) is 3.18. The number of carbonyl (C=O) groups is 1. The maximum atomic E-state index is 13.1. The molecule has 1 atom stereocenters. The van der Waals surface area contributed by atoms with Crippen LogP contribution in [-0.4, -0.2) is 29.4 Å². The van der Waals surface area contributed by atoms with Gasteiger partial charge in [-0.3, -0.25) is 4.79 Å². The third kappa shape index (κ3) is 3.99. The molecule has 0 spiro atoms. The summed E-state index contributed by atoms with van der Waals surface area (Å²) in [6.45, 7) is -0.131. The number of halogens is 1. The van der Waals surface area contributed by atoms with Crippen LogP contribution in [0.15, 0.2) is 85.1 Å². The molecular weight excluding hydrogens is 367 g/mol. The molecule has 0 bridgehead atoms. The number of fused-ring (bicyclic) bond motifs is 1. The summed E-state index contributed by atoms with van der Waals surface area (Å²) >= 11 is 0. The number of amides is 1. The molecule has 29 heavy (non-hydrogen) atoms. The molecule has 0 radical (unpaired) electrons. The highest BCUT2D eigenvalue weighted by Crippen LogP contribution is 2.33. The van der Waals surface area contributed by atoms with E-state index in [9.17, 15) is 9.18 Å². The highest BCUT2D eigenvalue weighted by molar-refractivity contribution is 5.85. The van der Waals surface area contributed by atoms with Gasteiger partial charge >= 0.3 is 0 Å². The number of nitrogens with one attached hydrogen (secondary N) is 1. The number of likely N-dealkylation sites (N-methyl/N-ethyl adjacent to an activating group) is 1. The molecule has 4 nitrogen and oxygen atoms in total. The smallest absolute Gasteiger partial charge is 0.261 e. The van der Waals surface area contributed by atoms with Crippen LogP contribution in [0.3, 0.4) is 0 Å². The Morgan fingerprint density at radius 2 is 1.69 bits per heavy atom. The van der Waals surface area contributed by atoms with Crippen molar-refractivity contribution in [3.05, 3.63) is 102 Å². The molecular formula is C24H21FN2O2. The number of para-hydroxylation sites is 1. The van der Waals surface area contributed by atoms with Gasteiger partial charge in [-0.05, 0) is 35.9 Å². The van der Waals surface area contributed by atoms with Crippen LogP contribution in [0.25, 0.3) is 10.9 Å². The van der Waals surface area contributed by atoms with Crippen LogP contribution < -0.4 is 4.74 Å². The van der Waals surface area contributed by atoms with E-state index in [0.29, 0.717) is 5.75 Å². The summed E-state index contributed by atoms with van der Waals surface area (Å²) in [5.41, 5.74) is 3.05. The second-order valence-electron chi connectivity index (χ2n) is 6.85. The van der Waals surface area contributed by atoms with Gasteiger partial charge in [0.05, 0.1) is 6.04 Å². The predicted molar refractivity (Wildman–Crippen MR) is 111 cm³/mol. The Kier molecular flexibility index (Phi) is 5.29. The van der Waals surface area contributed by atoms with E-state index in [1.54, 1.807) is 11.9 Å². The van der Waals surface area contributed by atoms with E-state index in [1.807, 2.05) is 60.8 Å². The fourth-order valence-electron chi connectivity index (χ4n) is 3.49. The standard InChI is InChI=1S/C24H21FN2O2/c1-27(23(28)16-29-19-13-11-18(25)12-14-19)24(17-7-3-2-4-8-17)21-15-26-22-10-6-5-9-20(21)22/h2-15,24,26H,16H2,1H3. The number of aromatic amines is 1. The molecule has 0 saturated heterocycles. The van der Waals surface area contributed by atoms with Crippen LogP contribution in [-0.2, 0) is 4.79 Å². The van der Waals surface area contributed by atoms with E-state index < -0.39 is 0 Å². The summed E-state index contributed by atoms with van der Waals surface area (Å²) in [6, 6.07) is 23.3. The van der Waals surface area contributed by atoms with Gasteiger partial charge in [-0.15, -0.1) is 0 Å². The topological polar surface area (TPSA) is 45.3 Å². The Morgan fingerprint density at radius 3 is 2.45 bits per heavy atom. The van der Waals surface area contributed by atoms with Gasteiger partial charge in [0, 0.05) is 29.7 Å². The largest absolute Gasteiger partial charge is 0.484 e. The van der Waals surface area contributed by atoms with Gasteiger partial charge in [-0.2, -0.15) is 0 Å². The highest BCUT2D eigenvalue weighted by Gasteiger charge is 2.26. The zero-order valence-corrected chi connectivity index (χ0v) is 16.0. The van der Waals surface area contributed by atoms with Gasteiger partial charge in [-0.25, -0.2) is 4.39 Å².